The molecule has 2 aromatic rings. The van der Waals surface area contributed by atoms with Crippen LogP contribution in [-0.2, 0) is 6.54 Å². The van der Waals surface area contributed by atoms with E-state index in [1.165, 1.54) is 11.8 Å². The van der Waals surface area contributed by atoms with Crippen LogP contribution in [0.2, 0.25) is 0 Å². The number of hydrogen-bond acceptors (Lipinski definition) is 5. The van der Waals surface area contributed by atoms with E-state index in [2.05, 4.69) is 38.8 Å². The van der Waals surface area contributed by atoms with Crippen LogP contribution in [0.5, 0.6) is 0 Å². The first kappa shape index (κ1) is 18.1. The van der Waals surface area contributed by atoms with Crippen LogP contribution in [-0.4, -0.2) is 63.6 Å². The van der Waals surface area contributed by atoms with Crippen LogP contribution in [0, 0.1) is 11.8 Å². The highest BCUT2D eigenvalue weighted by Crippen LogP contribution is 2.12. The molecular weight excluding hydrogens is 328 g/mol. The average molecular weight is 350 g/mol. The fourth-order valence-corrected chi connectivity index (χ4v) is 3.00. The van der Waals surface area contributed by atoms with Gasteiger partial charge in [0.25, 0.3) is 5.91 Å². The maximum atomic E-state index is 12.5. The van der Waals surface area contributed by atoms with Crippen LogP contribution in [0.25, 0.3) is 0 Å². The Kier molecular flexibility index (Phi) is 6.31. The van der Waals surface area contributed by atoms with Crippen LogP contribution in [0.1, 0.15) is 28.0 Å². The molecule has 1 aliphatic heterocycles. The number of amides is 1. The molecule has 1 fully saturated rings. The zero-order valence-electron chi connectivity index (χ0n) is 14.6. The molecule has 0 spiro atoms. The fourth-order valence-electron chi connectivity index (χ4n) is 3.00. The standard InChI is InChI=1S/C20H22N4O2/c25-14-1-3-17-4-6-18(7-5-17)16-23-10-2-11-24(13-12-23)20(26)19-15-21-8-9-22-19/h4-9,15,25H,2,10-14,16H2. The van der Waals surface area contributed by atoms with Gasteiger partial charge in [0.1, 0.15) is 12.3 Å². The Labute approximate surface area is 153 Å². The van der Waals surface area contributed by atoms with Crippen molar-refractivity contribution in [1.29, 1.82) is 0 Å². The van der Waals surface area contributed by atoms with E-state index < -0.39 is 0 Å². The number of carbonyl (C=O) groups excluding carboxylic acids is 1. The van der Waals surface area contributed by atoms with Crippen LogP contribution in [0.3, 0.4) is 0 Å². The minimum atomic E-state index is -0.126. The van der Waals surface area contributed by atoms with Gasteiger partial charge in [0, 0.05) is 50.7 Å². The first-order chi connectivity index (χ1) is 12.8. The van der Waals surface area contributed by atoms with Gasteiger partial charge >= 0.3 is 0 Å². The van der Waals surface area contributed by atoms with Crippen molar-refractivity contribution < 1.29 is 9.90 Å². The van der Waals surface area contributed by atoms with Gasteiger partial charge in [-0.2, -0.15) is 0 Å². The molecule has 0 unspecified atom stereocenters. The summed E-state index contributed by atoms with van der Waals surface area (Å²) >= 11 is 0. The second-order valence-electron chi connectivity index (χ2n) is 6.17. The third-order valence-electron chi connectivity index (χ3n) is 4.33. The Balaban J connectivity index is 1.56. The molecule has 3 rings (SSSR count). The molecule has 6 nitrogen and oxygen atoms in total. The molecule has 134 valence electrons. The van der Waals surface area contributed by atoms with Crippen LogP contribution >= 0.6 is 0 Å². The molecule has 0 saturated carbocycles. The molecule has 6 heteroatoms. The van der Waals surface area contributed by atoms with E-state index in [-0.39, 0.29) is 12.5 Å². The van der Waals surface area contributed by atoms with Crippen molar-refractivity contribution in [3.8, 4) is 11.8 Å². The molecule has 1 aromatic heterocycles. The number of aliphatic hydroxyl groups is 1. The quantitative estimate of drug-likeness (QED) is 0.842. The van der Waals surface area contributed by atoms with Crippen LogP contribution in [0.15, 0.2) is 42.9 Å². The largest absolute Gasteiger partial charge is 0.384 e. The Morgan fingerprint density at radius 2 is 1.96 bits per heavy atom. The Morgan fingerprint density at radius 3 is 2.69 bits per heavy atom. The van der Waals surface area contributed by atoms with Crippen LogP contribution in [0.4, 0.5) is 0 Å². The van der Waals surface area contributed by atoms with Crippen molar-refractivity contribution in [2.24, 2.45) is 0 Å². The predicted octanol–water partition coefficient (Wildman–Crippen LogP) is 1.17. The van der Waals surface area contributed by atoms with Gasteiger partial charge in [-0.1, -0.05) is 24.0 Å². The highest BCUT2D eigenvalue weighted by molar-refractivity contribution is 5.91. The normalized spacial score (nSPS) is 15.0. The highest BCUT2D eigenvalue weighted by atomic mass is 16.2. The van der Waals surface area contributed by atoms with E-state index in [1.54, 1.807) is 12.4 Å². The van der Waals surface area contributed by atoms with Gasteiger partial charge in [-0.25, -0.2) is 4.98 Å². The van der Waals surface area contributed by atoms with E-state index in [4.69, 9.17) is 5.11 Å². The van der Waals surface area contributed by atoms with Crippen molar-refractivity contribution in [2.75, 3.05) is 32.8 Å². The summed E-state index contributed by atoms with van der Waals surface area (Å²) in [5.74, 6) is 5.50. The number of nitrogens with zero attached hydrogens (tertiary/aromatic N) is 4. The first-order valence-electron chi connectivity index (χ1n) is 8.72. The average Bonchev–Trinajstić information content (AvgIpc) is 2.93. The molecule has 1 aromatic carbocycles. The fraction of sp³-hybridized carbons (Fsp3) is 0.350. The zero-order chi connectivity index (χ0) is 18.2. The van der Waals surface area contributed by atoms with Crippen LogP contribution < -0.4 is 0 Å². The van der Waals surface area contributed by atoms with Gasteiger partial charge in [0.05, 0.1) is 6.20 Å². The molecule has 0 aliphatic carbocycles. The summed E-state index contributed by atoms with van der Waals surface area (Å²) < 4.78 is 0. The molecule has 0 atom stereocenters. The lowest BCUT2D eigenvalue weighted by Gasteiger charge is -2.21. The smallest absolute Gasteiger partial charge is 0.274 e. The monoisotopic (exact) mass is 350 g/mol. The topological polar surface area (TPSA) is 69.6 Å². The lowest BCUT2D eigenvalue weighted by atomic mass is 10.1. The molecule has 1 amide bonds. The SMILES string of the molecule is O=C(c1cnccn1)N1CCCN(Cc2ccc(C#CCO)cc2)CC1. The molecule has 2 heterocycles. The maximum absolute atomic E-state index is 12.5. The van der Waals surface area contributed by atoms with E-state index in [0.29, 0.717) is 12.2 Å². The van der Waals surface area contributed by atoms with E-state index in [9.17, 15) is 4.79 Å². The molecule has 26 heavy (non-hydrogen) atoms. The van der Waals surface area contributed by atoms with E-state index in [1.807, 2.05) is 17.0 Å². The Hall–Kier alpha value is -2.75. The van der Waals surface area contributed by atoms with Crippen molar-refractivity contribution in [3.05, 3.63) is 59.7 Å². The molecule has 1 saturated heterocycles. The summed E-state index contributed by atoms with van der Waals surface area (Å²) in [5, 5.41) is 8.74. The highest BCUT2D eigenvalue weighted by Gasteiger charge is 2.21. The summed E-state index contributed by atoms with van der Waals surface area (Å²) in [5.41, 5.74) is 2.52. The summed E-state index contributed by atoms with van der Waals surface area (Å²) in [7, 11) is 0. The van der Waals surface area contributed by atoms with Crippen molar-refractivity contribution in [3.63, 3.8) is 0 Å². The van der Waals surface area contributed by atoms with Crippen molar-refractivity contribution in [2.45, 2.75) is 13.0 Å². The summed E-state index contributed by atoms with van der Waals surface area (Å²) in [6.07, 6.45) is 5.58. The Morgan fingerprint density at radius 1 is 1.12 bits per heavy atom. The van der Waals surface area contributed by atoms with E-state index in [0.717, 1.165) is 38.2 Å². The number of aromatic nitrogens is 2. The van der Waals surface area contributed by atoms with Gasteiger partial charge in [-0.05, 0) is 24.1 Å². The molecule has 1 aliphatic rings. The van der Waals surface area contributed by atoms with Crippen molar-refractivity contribution >= 4 is 5.91 Å². The summed E-state index contributed by atoms with van der Waals surface area (Å²) in [6.45, 7) is 3.94. The Bertz CT molecular complexity index is 781. The number of hydrogen-bond donors (Lipinski definition) is 1. The molecule has 0 bridgehead atoms. The third-order valence-corrected chi connectivity index (χ3v) is 4.33. The molecule has 0 radical (unpaired) electrons. The zero-order valence-corrected chi connectivity index (χ0v) is 14.6. The third kappa shape index (κ3) is 4.88. The summed E-state index contributed by atoms with van der Waals surface area (Å²) in [4.78, 5) is 24.8. The van der Waals surface area contributed by atoms with Gasteiger partial charge in [-0.3, -0.25) is 14.7 Å². The lowest BCUT2D eigenvalue weighted by Crippen LogP contribution is -2.35. The van der Waals surface area contributed by atoms with Crippen molar-refractivity contribution in [1.82, 2.24) is 19.8 Å². The number of aliphatic hydroxyl groups excluding tert-OH is 1. The second kappa shape index (κ2) is 9.09. The first-order valence-corrected chi connectivity index (χ1v) is 8.72. The number of rotatable bonds is 3. The summed E-state index contributed by atoms with van der Waals surface area (Å²) in [6, 6.07) is 8.07. The van der Waals surface area contributed by atoms with E-state index >= 15 is 0 Å². The maximum Gasteiger partial charge on any atom is 0.274 e. The lowest BCUT2D eigenvalue weighted by molar-refractivity contribution is 0.0754. The minimum Gasteiger partial charge on any atom is -0.384 e. The van der Waals surface area contributed by atoms with Gasteiger partial charge < -0.3 is 10.0 Å². The molecular formula is C20H22N4O2. The van der Waals surface area contributed by atoms with Gasteiger partial charge in [0.15, 0.2) is 0 Å². The van der Waals surface area contributed by atoms with Gasteiger partial charge in [-0.15, -0.1) is 0 Å². The number of carbonyl (C=O) groups is 1. The molecule has 1 N–H and O–H groups in total. The minimum absolute atomic E-state index is 0.0493. The second-order valence-corrected chi connectivity index (χ2v) is 6.17. The van der Waals surface area contributed by atoms with Gasteiger partial charge in [0.2, 0.25) is 0 Å². The number of benzene rings is 1. The predicted molar refractivity (Wildman–Crippen MR) is 98.2 cm³/mol.